The van der Waals surface area contributed by atoms with E-state index >= 15 is 0 Å². The van der Waals surface area contributed by atoms with E-state index in [0.29, 0.717) is 6.04 Å². The van der Waals surface area contributed by atoms with Gasteiger partial charge in [0.2, 0.25) is 5.91 Å². The van der Waals surface area contributed by atoms with Gasteiger partial charge in [0.05, 0.1) is 6.54 Å². The molecule has 0 aliphatic heterocycles. The topological polar surface area (TPSA) is 66.9 Å². The molecule has 0 radical (unpaired) electrons. The first-order valence-electron chi connectivity index (χ1n) is 5.86. The van der Waals surface area contributed by atoms with Gasteiger partial charge in [-0.25, -0.2) is 9.97 Å². The average molecular weight is 289 g/mol. The van der Waals surface area contributed by atoms with Crippen LogP contribution in [-0.4, -0.2) is 28.5 Å². The summed E-state index contributed by atoms with van der Waals surface area (Å²) < 4.78 is 0. The lowest BCUT2D eigenvalue weighted by Gasteiger charge is -2.11. The molecule has 0 saturated heterocycles. The fourth-order valence-corrected chi connectivity index (χ4v) is 2.26. The number of nitrogens with one attached hydrogen (secondary N) is 2. The molecule has 0 bridgehead atoms. The van der Waals surface area contributed by atoms with Gasteiger partial charge in [0.1, 0.15) is 11.3 Å². The molecule has 1 fully saturated rings. The zero-order valence-electron chi connectivity index (χ0n) is 9.75. The van der Waals surface area contributed by atoms with E-state index < -0.39 is 0 Å². The maximum Gasteiger partial charge on any atom is 0.239 e. The Kier molecular flexibility index (Phi) is 4.74. The number of carbonyl (C=O) groups is 1. The molecule has 1 heterocycles. The Balaban J connectivity index is 1.84. The van der Waals surface area contributed by atoms with Gasteiger partial charge in [-0.15, -0.1) is 0 Å². The van der Waals surface area contributed by atoms with Gasteiger partial charge < -0.3 is 10.6 Å². The van der Waals surface area contributed by atoms with Crippen molar-refractivity contribution in [3.05, 3.63) is 16.5 Å². The number of carbonyl (C=O) groups excluding carboxylic acids is 1. The molecule has 18 heavy (non-hydrogen) atoms. The molecule has 0 atom stereocenters. The second-order valence-electron chi connectivity index (χ2n) is 4.24. The van der Waals surface area contributed by atoms with Gasteiger partial charge in [-0.2, -0.15) is 0 Å². The summed E-state index contributed by atoms with van der Waals surface area (Å²) in [5, 5.41) is 6.10. The Morgan fingerprint density at radius 3 is 2.78 bits per heavy atom. The number of anilines is 1. The van der Waals surface area contributed by atoms with E-state index in [1.165, 1.54) is 19.2 Å². The van der Waals surface area contributed by atoms with E-state index in [2.05, 4.69) is 20.6 Å². The van der Waals surface area contributed by atoms with Gasteiger partial charge in [0.25, 0.3) is 0 Å². The van der Waals surface area contributed by atoms with Crippen molar-refractivity contribution < 1.29 is 4.79 Å². The summed E-state index contributed by atoms with van der Waals surface area (Å²) in [7, 11) is 0. The lowest BCUT2D eigenvalue weighted by molar-refractivity contribution is -0.115. The summed E-state index contributed by atoms with van der Waals surface area (Å²) in [4.78, 5) is 19.3. The standard InChI is InChI=1S/C11H14Cl2N4O/c12-9-10(13)15-6-16-11(9)17-8(18)5-14-7-3-1-2-4-7/h6-7,14H,1-5H2,(H,15,16,17,18). The number of aromatic nitrogens is 2. The van der Waals surface area contributed by atoms with Gasteiger partial charge in [0.15, 0.2) is 11.0 Å². The van der Waals surface area contributed by atoms with Crippen LogP contribution in [0.5, 0.6) is 0 Å². The van der Waals surface area contributed by atoms with Gasteiger partial charge >= 0.3 is 0 Å². The molecule has 1 aliphatic rings. The lowest BCUT2D eigenvalue weighted by Crippen LogP contribution is -2.34. The van der Waals surface area contributed by atoms with Crippen LogP contribution >= 0.6 is 23.2 Å². The van der Waals surface area contributed by atoms with Crippen LogP contribution in [0.25, 0.3) is 0 Å². The highest BCUT2D eigenvalue weighted by Gasteiger charge is 2.16. The van der Waals surface area contributed by atoms with Gasteiger partial charge in [-0.1, -0.05) is 36.0 Å². The quantitative estimate of drug-likeness (QED) is 0.834. The molecule has 2 N–H and O–H groups in total. The minimum absolute atomic E-state index is 0.130. The normalized spacial score (nSPS) is 15.9. The molecule has 0 spiro atoms. The molecule has 98 valence electrons. The predicted molar refractivity (Wildman–Crippen MR) is 70.9 cm³/mol. The fourth-order valence-electron chi connectivity index (χ4n) is 1.98. The summed E-state index contributed by atoms with van der Waals surface area (Å²) in [6.45, 7) is 0.253. The molecule has 5 nitrogen and oxygen atoms in total. The van der Waals surface area contributed by atoms with Gasteiger partial charge in [-0.05, 0) is 12.8 Å². The predicted octanol–water partition coefficient (Wildman–Crippen LogP) is 2.25. The van der Waals surface area contributed by atoms with E-state index in [0.717, 1.165) is 12.8 Å². The second-order valence-corrected chi connectivity index (χ2v) is 4.97. The van der Waals surface area contributed by atoms with Crippen molar-refractivity contribution in [2.24, 2.45) is 0 Å². The van der Waals surface area contributed by atoms with Crippen molar-refractivity contribution in [2.45, 2.75) is 31.7 Å². The van der Waals surface area contributed by atoms with Crippen molar-refractivity contribution in [2.75, 3.05) is 11.9 Å². The number of rotatable bonds is 4. The van der Waals surface area contributed by atoms with Crippen LogP contribution in [0.15, 0.2) is 6.33 Å². The highest BCUT2D eigenvalue weighted by molar-refractivity contribution is 6.42. The van der Waals surface area contributed by atoms with E-state index in [9.17, 15) is 4.79 Å². The minimum Gasteiger partial charge on any atom is -0.308 e. The van der Waals surface area contributed by atoms with Crippen molar-refractivity contribution in [3.63, 3.8) is 0 Å². The van der Waals surface area contributed by atoms with Gasteiger partial charge in [0, 0.05) is 6.04 Å². The van der Waals surface area contributed by atoms with Crippen LogP contribution in [0.2, 0.25) is 10.2 Å². The molecule has 1 amide bonds. The fraction of sp³-hybridized carbons (Fsp3) is 0.545. The Morgan fingerprint density at radius 2 is 2.06 bits per heavy atom. The smallest absolute Gasteiger partial charge is 0.239 e. The first kappa shape index (κ1) is 13.5. The molecule has 1 aliphatic carbocycles. The van der Waals surface area contributed by atoms with E-state index in [1.54, 1.807) is 0 Å². The van der Waals surface area contributed by atoms with Crippen LogP contribution < -0.4 is 10.6 Å². The highest BCUT2D eigenvalue weighted by atomic mass is 35.5. The first-order chi connectivity index (χ1) is 8.66. The van der Waals surface area contributed by atoms with Crippen LogP contribution in [0.1, 0.15) is 25.7 Å². The van der Waals surface area contributed by atoms with Crippen molar-refractivity contribution in [1.82, 2.24) is 15.3 Å². The summed E-state index contributed by atoms with van der Waals surface area (Å²) >= 11 is 11.6. The number of nitrogens with zero attached hydrogens (tertiary/aromatic N) is 2. The van der Waals surface area contributed by atoms with E-state index in [1.807, 2.05) is 0 Å². The Morgan fingerprint density at radius 1 is 1.33 bits per heavy atom. The maximum absolute atomic E-state index is 11.7. The number of hydrogen-bond donors (Lipinski definition) is 2. The Bertz CT molecular complexity index is 435. The molecular formula is C11H14Cl2N4O. The number of hydrogen-bond acceptors (Lipinski definition) is 4. The third-order valence-electron chi connectivity index (χ3n) is 2.91. The Labute approximate surface area is 115 Å². The zero-order chi connectivity index (χ0) is 13.0. The molecule has 7 heteroatoms. The molecule has 1 saturated carbocycles. The van der Waals surface area contributed by atoms with E-state index in [-0.39, 0.29) is 28.4 Å². The highest BCUT2D eigenvalue weighted by Crippen LogP contribution is 2.25. The Hall–Kier alpha value is -0.910. The third-order valence-corrected chi connectivity index (χ3v) is 3.65. The van der Waals surface area contributed by atoms with Crippen LogP contribution in [0.4, 0.5) is 5.82 Å². The summed E-state index contributed by atoms with van der Waals surface area (Å²) in [6.07, 6.45) is 5.98. The monoisotopic (exact) mass is 288 g/mol. The van der Waals surface area contributed by atoms with Crippen LogP contribution in [0.3, 0.4) is 0 Å². The molecule has 1 aromatic heterocycles. The molecule has 1 aromatic rings. The van der Waals surface area contributed by atoms with Crippen molar-refractivity contribution >= 4 is 34.9 Å². The van der Waals surface area contributed by atoms with Crippen molar-refractivity contribution in [1.29, 1.82) is 0 Å². The largest absolute Gasteiger partial charge is 0.308 e. The second kappa shape index (κ2) is 6.31. The number of halogens is 2. The maximum atomic E-state index is 11.7. The third kappa shape index (κ3) is 3.54. The van der Waals surface area contributed by atoms with Gasteiger partial charge in [-0.3, -0.25) is 4.79 Å². The SMILES string of the molecule is O=C(CNC1CCCC1)Nc1ncnc(Cl)c1Cl. The molecule has 0 unspecified atom stereocenters. The minimum atomic E-state index is -0.182. The summed E-state index contributed by atoms with van der Waals surface area (Å²) in [6, 6.07) is 0.445. The van der Waals surface area contributed by atoms with Crippen LogP contribution in [-0.2, 0) is 4.79 Å². The number of amides is 1. The molecule has 2 rings (SSSR count). The van der Waals surface area contributed by atoms with Crippen molar-refractivity contribution in [3.8, 4) is 0 Å². The van der Waals surface area contributed by atoms with E-state index in [4.69, 9.17) is 23.2 Å². The summed E-state index contributed by atoms with van der Waals surface area (Å²) in [5.41, 5.74) is 0. The first-order valence-corrected chi connectivity index (χ1v) is 6.61. The summed E-state index contributed by atoms with van der Waals surface area (Å²) in [5.74, 6) is 0.0634. The zero-order valence-corrected chi connectivity index (χ0v) is 11.3. The average Bonchev–Trinajstić information content (AvgIpc) is 2.86. The van der Waals surface area contributed by atoms with Crippen LogP contribution in [0, 0.1) is 0 Å². The lowest BCUT2D eigenvalue weighted by atomic mass is 10.2. The molecular weight excluding hydrogens is 275 g/mol. The molecule has 0 aromatic carbocycles.